The van der Waals surface area contributed by atoms with Gasteiger partial charge < -0.3 is 0 Å². The maximum absolute atomic E-state index is 4.59. The summed E-state index contributed by atoms with van der Waals surface area (Å²) in [5.74, 6) is 1.47. The molecule has 0 fully saturated rings. The van der Waals surface area contributed by atoms with E-state index in [0.717, 1.165) is 33.1 Å². The minimum atomic E-state index is 0.731. The summed E-state index contributed by atoms with van der Waals surface area (Å²) in [6, 6.07) is 22.5. The molecule has 0 aliphatic carbocycles. The molecule has 1 N–H and O–H groups in total. The first-order chi connectivity index (χ1) is 12.7. The zero-order valence-electron chi connectivity index (χ0n) is 14.6. The maximum atomic E-state index is 4.59. The summed E-state index contributed by atoms with van der Waals surface area (Å²) >= 11 is 1.67. The topological polar surface area (TPSA) is 50.2 Å². The molecule has 0 unspecified atom stereocenters. The Balaban J connectivity index is 1.72. The van der Waals surface area contributed by atoms with Crippen LogP contribution in [0.4, 0.5) is 5.82 Å². The first-order valence-corrected chi connectivity index (χ1v) is 9.22. The van der Waals surface area contributed by atoms with Crippen molar-refractivity contribution >= 4 is 33.1 Å². The second-order valence-electron chi connectivity index (χ2n) is 5.99. The molecule has 4 rings (SSSR count). The van der Waals surface area contributed by atoms with Gasteiger partial charge in [0.05, 0.1) is 11.1 Å². The van der Waals surface area contributed by atoms with Crippen LogP contribution in [0.2, 0.25) is 0 Å². The second kappa shape index (κ2) is 7.06. The number of aromatic nitrogens is 2. The Hall–Kier alpha value is -3.05. The highest BCUT2D eigenvalue weighted by Gasteiger charge is 2.11. The van der Waals surface area contributed by atoms with E-state index in [1.54, 1.807) is 11.3 Å². The van der Waals surface area contributed by atoms with Gasteiger partial charge in [-0.1, -0.05) is 60.7 Å². The smallest absolute Gasteiger partial charge is 0.158 e. The van der Waals surface area contributed by atoms with Crippen LogP contribution in [0.3, 0.4) is 0 Å². The van der Waals surface area contributed by atoms with Crippen molar-refractivity contribution in [3.05, 3.63) is 78.1 Å². The van der Waals surface area contributed by atoms with Crippen molar-refractivity contribution < 1.29 is 0 Å². The van der Waals surface area contributed by atoms with E-state index in [1.807, 2.05) is 62.4 Å². The quantitative estimate of drug-likeness (QED) is 0.387. The SMILES string of the molecule is C/C(=N/Nc1nc(C)nc2sc(-c3ccccc3)cc12)c1ccccc1. The number of rotatable bonds is 4. The molecule has 0 amide bonds. The van der Waals surface area contributed by atoms with E-state index in [9.17, 15) is 0 Å². The first kappa shape index (κ1) is 16.4. The lowest BCUT2D eigenvalue weighted by molar-refractivity contribution is 1.08. The molecule has 128 valence electrons. The zero-order chi connectivity index (χ0) is 17.9. The fourth-order valence-electron chi connectivity index (χ4n) is 2.74. The van der Waals surface area contributed by atoms with Crippen molar-refractivity contribution in [3.63, 3.8) is 0 Å². The molecule has 0 atom stereocenters. The van der Waals surface area contributed by atoms with Gasteiger partial charge in [0.1, 0.15) is 10.7 Å². The van der Waals surface area contributed by atoms with Crippen molar-refractivity contribution in [1.82, 2.24) is 9.97 Å². The van der Waals surface area contributed by atoms with E-state index in [-0.39, 0.29) is 0 Å². The molecule has 0 radical (unpaired) electrons. The average Bonchev–Trinajstić information content (AvgIpc) is 3.11. The Morgan fingerprint density at radius 2 is 1.65 bits per heavy atom. The number of benzene rings is 2. The van der Waals surface area contributed by atoms with Crippen LogP contribution in [-0.4, -0.2) is 15.7 Å². The molecule has 26 heavy (non-hydrogen) atoms. The van der Waals surface area contributed by atoms with E-state index in [2.05, 4.69) is 38.7 Å². The number of nitrogens with one attached hydrogen (secondary N) is 1. The molecule has 0 bridgehead atoms. The van der Waals surface area contributed by atoms with Crippen LogP contribution in [0.5, 0.6) is 0 Å². The largest absolute Gasteiger partial charge is 0.260 e. The molecule has 2 aromatic heterocycles. The number of fused-ring (bicyclic) bond motifs is 1. The molecule has 4 aromatic rings. The van der Waals surface area contributed by atoms with Gasteiger partial charge in [0.15, 0.2) is 5.82 Å². The first-order valence-electron chi connectivity index (χ1n) is 8.40. The van der Waals surface area contributed by atoms with Crippen LogP contribution in [-0.2, 0) is 0 Å². The normalized spacial score (nSPS) is 11.7. The molecule has 0 aliphatic rings. The lowest BCUT2D eigenvalue weighted by Gasteiger charge is -2.05. The van der Waals surface area contributed by atoms with E-state index in [4.69, 9.17) is 0 Å². The highest BCUT2D eigenvalue weighted by molar-refractivity contribution is 7.21. The molecule has 0 saturated carbocycles. The van der Waals surface area contributed by atoms with Crippen LogP contribution in [0.15, 0.2) is 71.8 Å². The number of hydrogen-bond acceptors (Lipinski definition) is 5. The van der Waals surface area contributed by atoms with Gasteiger partial charge in [-0.05, 0) is 31.0 Å². The average molecular weight is 358 g/mol. The van der Waals surface area contributed by atoms with Crippen molar-refractivity contribution in [2.75, 3.05) is 5.43 Å². The van der Waals surface area contributed by atoms with E-state index >= 15 is 0 Å². The lowest BCUT2D eigenvalue weighted by Crippen LogP contribution is -2.02. The summed E-state index contributed by atoms with van der Waals surface area (Å²) in [6.45, 7) is 3.89. The maximum Gasteiger partial charge on any atom is 0.158 e. The van der Waals surface area contributed by atoms with E-state index in [1.165, 1.54) is 10.4 Å². The van der Waals surface area contributed by atoms with Crippen molar-refractivity contribution in [1.29, 1.82) is 0 Å². The molecule has 5 heteroatoms. The van der Waals surface area contributed by atoms with Crippen LogP contribution in [0.1, 0.15) is 18.3 Å². The predicted molar refractivity (Wildman–Crippen MR) is 110 cm³/mol. The Morgan fingerprint density at radius 3 is 2.38 bits per heavy atom. The van der Waals surface area contributed by atoms with Gasteiger partial charge in [-0.25, -0.2) is 9.97 Å². The van der Waals surface area contributed by atoms with E-state index in [0.29, 0.717) is 0 Å². The summed E-state index contributed by atoms with van der Waals surface area (Å²) in [6.07, 6.45) is 0. The van der Waals surface area contributed by atoms with Crippen molar-refractivity contribution in [2.45, 2.75) is 13.8 Å². The van der Waals surface area contributed by atoms with E-state index < -0.39 is 0 Å². The Kier molecular flexibility index (Phi) is 4.46. The Labute approximate surface area is 156 Å². The number of thiophene rings is 1. The molecular formula is C21H18N4S. The Morgan fingerprint density at radius 1 is 0.962 bits per heavy atom. The third kappa shape index (κ3) is 3.34. The van der Waals surface area contributed by atoms with Crippen LogP contribution >= 0.6 is 11.3 Å². The van der Waals surface area contributed by atoms with Crippen LogP contribution in [0, 0.1) is 6.92 Å². The Bertz CT molecular complexity index is 1070. The number of aryl methyl sites for hydroxylation is 1. The third-order valence-corrected chi connectivity index (χ3v) is 5.16. The summed E-state index contributed by atoms with van der Waals surface area (Å²) in [5.41, 5.74) is 6.31. The highest BCUT2D eigenvalue weighted by Crippen LogP contribution is 2.35. The van der Waals surface area contributed by atoms with Crippen LogP contribution < -0.4 is 5.43 Å². The van der Waals surface area contributed by atoms with Crippen molar-refractivity contribution in [3.8, 4) is 10.4 Å². The molecular weight excluding hydrogens is 340 g/mol. The van der Waals surface area contributed by atoms with Gasteiger partial charge in [-0.3, -0.25) is 5.43 Å². The standard InChI is InChI=1S/C21H18N4S/c1-14(16-9-5-3-6-10-16)24-25-20-18-13-19(17-11-7-4-8-12-17)26-21(18)23-15(2)22-20/h3-13H,1-2H3,(H,22,23,25)/b24-14-. The van der Waals surface area contributed by atoms with Gasteiger partial charge in [-0.2, -0.15) is 5.10 Å². The van der Waals surface area contributed by atoms with Gasteiger partial charge >= 0.3 is 0 Å². The monoisotopic (exact) mass is 358 g/mol. The third-order valence-electron chi connectivity index (χ3n) is 4.08. The zero-order valence-corrected chi connectivity index (χ0v) is 15.4. The molecule has 0 saturated heterocycles. The summed E-state index contributed by atoms with van der Waals surface area (Å²) in [4.78, 5) is 11.3. The van der Waals surface area contributed by atoms with Gasteiger partial charge in [0.25, 0.3) is 0 Å². The predicted octanol–water partition coefficient (Wildman–Crippen LogP) is 5.50. The minimum absolute atomic E-state index is 0.731. The molecule has 2 heterocycles. The lowest BCUT2D eigenvalue weighted by atomic mass is 10.1. The van der Waals surface area contributed by atoms with Gasteiger partial charge in [0, 0.05) is 4.88 Å². The minimum Gasteiger partial charge on any atom is -0.260 e. The number of hydrogen-bond donors (Lipinski definition) is 1. The number of hydrazone groups is 1. The van der Waals surface area contributed by atoms with Gasteiger partial charge in [0.2, 0.25) is 0 Å². The molecule has 4 nitrogen and oxygen atoms in total. The summed E-state index contributed by atoms with van der Waals surface area (Å²) in [7, 11) is 0. The molecule has 0 spiro atoms. The molecule has 0 aliphatic heterocycles. The van der Waals surface area contributed by atoms with Crippen molar-refractivity contribution in [2.24, 2.45) is 5.10 Å². The van der Waals surface area contributed by atoms with Gasteiger partial charge in [-0.15, -0.1) is 11.3 Å². The number of anilines is 1. The second-order valence-corrected chi connectivity index (χ2v) is 7.02. The number of nitrogens with zero attached hydrogens (tertiary/aromatic N) is 3. The summed E-state index contributed by atoms with van der Waals surface area (Å²) < 4.78 is 0. The summed E-state index contributed by atoms with van der Waals surface area (Å²) in [5, 5.41) is 5.51. The molecule has 2 aromatic carbocycles. The fraction of sp³-hybridized carbons (Fsp3) is 0.0952. The fourth-order valence-corrected chi connectivity index (χ4v) is 3.82. The van der Waals surface area contributed by atoms with Crippen LogP contribution in [0.25, 0.3) is 20.7 Å². The highest BCUT2D eigenvalue weighted by atomic mass is 32.1.